The lowest BCUT2D eigenvalue weighted by atomic mass is 10.1. The molecule has 0 unspecified atom stereocenters. The predicted molar refractivity (Wildman–Crippen MR) is 116 cm³/mol. The minimum absolute atomic E-state index is 0.247. The van der Waals surface area contributed by atoms with Gasteiger partial charge in [-0.1, -0.05) is 57.9 Å². The second-order valence-corrected chi connectivity index (χ2v) is 8.41. The molecule has 2 heterocycles. The van der Waals surface area contributed by atoms with Crippen molar-refractivity contribution in [2.45, 2.75) is 13.5 Å². The Kier molecular flexibility index (Phi) is 5.15. The number of benzene rings is 2. The number of carbonyl (C=O) groups excluding carboxylic acids is 2. The van der Waals surface area contributed by atoms with Crippen molar-refractivity contribution in [3.05, 3.63) is 92.2 Å². The van der Waals surface area contributed by atoms with E-state index in [9.17, 15) is 9.59 Å². The first-order chi connectivity index (χ1) is 13.5. The van der Waals surface area contributed by atoms with E-state index in [1.807, 2.05) is 73.0 Å². The molecule has 4 rings (SSSR count). The van der Waals surface area contributed by atoms with Gasteiger partial charge in [0.05, 0.1) is 12.1 Å². The van der Waals surface area contributed by atoms with Gasteiger partial charge in [-0.2, -0.15) is 0 Å². The second-order valence-electron chi connectivity index (χ2n) is 6.54. The number of nitrogens with zero attached hydrogens (tertiary/aromatic N) is 1. The number of thiophene rings is 1. The summed E-state index contributed by atoms with van der Waals surface area (Å²) in [5, 5.41) is 5.07. The maximum atomic E-state index is 13.2. The van der Waals surface area contributed by atoms with Crippen LogP contribution in [0.5, 0.6) is 0 Å². The van der Waals surface area contributed by atoms with Crippen LogP contribution in [0.4, 0.5) is 5.69 Å². The van der Waals surface area contributed by atoms with Crippen LogP contribution in [0.15, 0.2) is 76.2 Å². The highest BCUT2D eigenvalue weighted by Crippen LogP contribution is 2.34. The minimum atomic E-state index is -0.311. The second kappa shape index (κ2) is 7.73. The highest BCUT2D eigenvalue weighted by molar-refractivity contribution is 9.10. The van der Waals surface area contributed by atoms with Crippen LogP contribution in [-0.4, -0.2) is 16.7 Å². The lowest BCUT2D eigenvalue weighted by molar-refractivity contribution is -0.137. The van der Waals surface area contributed by atoms with E-state index in [1.54, 1.807) is 0 Å². The first-order valence-corrected chi connectivity index (χ1v) is 10.4. The molecule has 0 saturated carbocycles. The Bertz CT molecular complexity index is 1070. The number of nitrogens with one attached hydrogen (secondary N) is 1. The molecule has 28 heavy (non-hydrogen) atoms. The molecule has 0 radical (unpaired) electrons. The fraction of sp³-hybridized carbons (Fsp3) is 0.0909. The van der Waals surface area contributed by atoms with E-state index in [1.165, 1.54) is 16.2 Å². The topological polar surface area (TPSA) is 49.4 Å². The Morgan fingerprint density at radius 2 is 1.79 bits per heavy atom. The van der Waals surface area contributed by atoms with Crippen LogP contribution in [0.3, 0.4) is 0 Å². The van der Waals surface area contributed by atoms with E-state index in [0.29, 0.717) is 11.3 Å². The summed E-state index contributed by atoms with van der Waals surface area (Å²) in [7, 11) is 0. The van der Waals surface area contributed by atoms with Crippen molar-refractivity contribution in [2.75, 3.05) is 5.32 Å². The predicted octanol–water partition coefficient (Wildman–Crippen LogP) is 5.21. The molecular weight excluding hydrogens is 436 g/mol. The van der Waals surface area contributed by atoms with Crippen molar-refractivity contribution in [3.63, 3.8) is 0 Å². The van der Waals surface area contributed by atoms with Crippen LogP contribution in [-0.2, 0) is 16.1 Å². The van der Waals surface area contributed by atoms with E-state index in [-0.39, 0.29) is 18.4 Å². The molecule has 140 valence electrons. The third-order valence-electron chi connectivity index (χ3n) is 4.49. The number of rotatable bonds is 5. The highest BCUT2D eigenvalue weighted by Gasteiger charge is 2.39. The van der Waals surface area contributed by atoms with Gasteiger partial charge in [-0.05, 0) is 42.1 Å². The van der Waals surface area contributed by atoms with Gasteiger partial charge in [0, 0.05) is 15.0 Å². The zero-order valence-corrected chi connectivity index (χ0v) is 17.5. The van der Waals surface area contributed by atoms with E-state index >= 15 is 0 Å². The summed E-state index contributed by atoms with van der Waals surface area (Å²) in [5.41, 5.74) is 3.54. The number of halogens is 1. The quantitative estimate of drug-likeness (QED) is 0.540. The summed E-state index contributed by atoms with van der Waals surface area (Å²) >= 11 is 4.88. The SMILES string of the molecule is Cc1ccc(CN2C(=O)C(Nc3cccc(Br)c3)=C(c3cccs3)C2=O)cc1. The molecule has 6 heteroatoms. The summed E-state index contributed by atoms with van der Waals surface area (Å²) in [5.74, 6) is -0.584. The van der Waals surface area contributed by atoms with Crippen LogP contribution >= 0.6 is 27.3 Å². The average molecular weight is 453 g/mol. The summed E-state index contributed by atoms with van der Waals surface area (Å²) in [6, 6.07) is 19.1. The molecule has 1 N–H and O–H groups in total. The zero-order chi connectivity index (χ0) is 19.7. The Morgan fingerprint density at radius 3 is 2.46 bits per heavy atom. The minimum Gasteiger partial charge on any atom is -0.350 e. The van der Waals surface area contributed by atoms with Crippen LogP contribution in [0.1, 0.15) is 16.0 Å². The van der Waals surface area contributed by atoms with Crippen LogP contribution in [0.25, 0.3) is 5.57 Å². The number of aryl methyl sites for hydroxylation is 1. The average Bonchev–Trinajstić information content (AvgIpc) is 3.27. The maximum absolute atomic E-state index is 13.2. The van der Waals surface area contributed by atoms with E-state index in [4.69, 9.17) is 0 Å². The van der Waals surface area contributed by atoms with Crippen molar-refractivity contribution in [1.29, 1.82) is 0 Å². The molecule has 1 aliphatic rings. The Hall–Kier alpha value is -2.70. The van der Waals surface area contributed by atoms with Crippen molar-refractivity contribution in [3.8, 4) is 0 Å². The van der Waals surface area contributed by atoms with E-state index in [2.05, 4.69) is 21.2 Å². The van der Waals surface area contributed by atoms with Crippen LogP contribution in [0, 0.1) is 6.92 Å². The molecule has 0 spiro atoms. The third-order valence-corrected chi connectivity index (χ3v) is 5.87. The molecule has 0 aliphatic carbocycles. The lowest BCUT2D eigenvalue weighted by Gasteiger charge is -2.15. The first kappa shape index (κ1) is 18.7. The number of hydrogen-bond acceptors (Lipinski definition) is 4. The normalized spacial score (nSPS) is 14.1. The molecule has 3 aromatic rings. The molecule has 1 aromatic heterocycles. The van der Waals surface area contributed by atoms with Gasteiger partial charge < -0.3 is 5.32 Å². The van der Waals surface area contributed by atoms with E-state index < -0.39 is 0 Å². The van der Waals surface area contributed by atoms with Crippen LogP contribution in [0.2, 0.25) is 0 Å². The molecule has 0 saturated heterocycles. The van der Waals surface area contributed by atoms with Gasteiger partial charge in [0.25, 0.3) is 11.8 Å². The number of hydrogen-bond donors (Lipinski definition) is 1. The van der Waals surface area contributed by atoms with Gasteiger partial charge in [-0.25, -0.2) is 0 Å². The summed E-state index contributed by atoms with van der Waals surface area (Å²) in [4.78, 5) is 28.4. The zero-order valence-electron chi connectivity index (χ0n) is 15.1. The van der Waals surface area contributed by atoms with Crippen molar-refractivity contribution < 1.29 is 9.59 Å². The number of anilines is 1. The van der Waals surface area contributed by atoms with Crippen molar-refractivity contribution in [2.24, 2.45) is 0 Å². The van der Waals surface area contributed by atoms with E-state index in [0.717, 1.165) is 26.2 Å². The third kappa shape index (κ3) is 3.66. The van der Waals surface area contributed by atoms with Crippen molar-refractivity contribution >= 4 is 50.3 Å². The van der Waals surface area contributed by atoms with Gasteiger partial charge in [0.15, 0.2) is 0 Å². The summed E-state index contributed by atoms with van der Waals surface area (Å²) < 4.78 is 0.893. The number of carbonyl (C=O) groups is 2. The molecule has 4 nitrogen and oxygen atoms in total. The first-order valence-electron chi connectivity index (χ1n) is 8.75. The number of amides is 2. The Morgan fingerprint density at radius 1 is 1.00 bits per heavy atom. The van der Waals surface area contributed by atoms with Gasteiger partial charge in [-0.3, -0.25) is 14.5 Å². The maximum Gasteiger partial charge on any atom is 0.278 e. The van der Waals surface area contributed by atoms with Gasteiger partial charge in [0.1, 0.15) is 5.70 Å². The largest absolute Gasteiger partial charge is 0.350 e. The Balaban J connectivity index is 1.70. The molecule has 0 bridgehead atoms. The van der Waals surface area contributed by atoms with Gasteiger partial charge in [0.2, 0.25) is 0 Å². The number of imide groups is 1. The summed E-state index contributed by atoms with van der Waals surface area (Å²) in [6.45, 7) is 2.25. The Labute approximate surface area is 175 Å². The smallest absolute Gasteiger partial charge is 0.278 e. The fourth-order valence-electron chi connectivity index (χ4n) is 3.07. The van der Waals surface area contributed by atoms with Crippen LogP contribution < -0.4 is 5.32 Å². The molecule has 2 aromatic carbocycles. The molecule has 0 fully saturated rings. The molecule has 0 atom stereocenters. The van der Waals surface area contributed by atoms with Gasteiger partial charge >= 0.3 is 0 Å². The van der Waals surface area contributed by atoms with Gasteiger partial charge in [-0.15, -0.1) is 11.3 Å². The fourth-order valence-corrected chi connectivity index (χ4v) is 4.24. The summed E-state index contributed by atoms with van der Waals surface area (Å²) in [6.07, 6.45) is 0. The standard InChI is InChI=1S/C22H17BrN2O2S/c1-14-7-9-15(10-8-14)13-25-21(26)19(18-6-3-11-28-18)20(22(25)27)24-17-5-2-4-16(23)12-17/h2-12,24H,13H2,1H3. The monoisotopic (exact) mass is 452 g/mol. The molecule has 2 amide bonds. The molecule has 1 aliphatic heterocycles. The van der Waals surface area contributed by atoms with Crippen molar-refractivity contribution in [1.82, 2.24) is 4.90 Å². The highest BCUT2D eigenvalue weighted by atomic mass is 79.9. The lowest BCUT2D eigenvalue weighted by Crippen LogP contribution is -2.31. The molecular formula is C22H17BrN2O2S.